The molecule has 1 atom stereocenters. The Bertz CT molecular complexity index is 793. The van der Waals surface area contributed by atoms with Gasteiger partial charge in [-0.2, -0.15) is 5.06 Å². The van der Waals surface area contributed by atoms with Gasteiger partial charge in [0.25, 0.3) is 0 Å². The van der Waals surface area contributed by atoms with Gasteiger partial charge in [0.15, 0.2) is 11.6 Å². The number of carbonyl (C=O) groups is 2. The fourth-order valence-electron chi connectivity index (χ4n) is 3.17. The third-order valence-electron chi connectivity index (χ3n) is 4.49. The van der Waals surface area contributed by atoms with Gasteiger partial charge in [-0.25, -0.2) is 18.4 Å². The van der Waals surface area contributed by atoms with Crippen molar-refractivity contribution in [1.29, 1.82) is 0 Å². The van der Waals surface area contributed by atoms with Crippen molar-refractivity contribution in [1.82, 2.24) is 5.06 Å². The molecule has 11 heteroatoms. The first kappa shape index (κ1) is 22.0. The van der Waals surface area contributed by atoms with Gasteiger partial charge in [-0.15, -0.1) is 0 Å². The van der Waals surface area contributed by atoms with Crippen molar-refractivity contribution in [2.75, 3.05) is 49.2 Å². The number of halogens is 2. The molecule has 9 nitrogen and oxygen atoms in total. The molecule has 0 radical (unpaired) electrons. The summed E-state index contributed by atoms with van der Waals surface area (Å²) in [5, 5.41) is 10.1. The Kier molecular flexibility index (Phi) is 6.32. The van der Waals surface area contributed by atoms with Gasteiger partial charge in [-0.3, -0.25) is 9.74 Å². The van der Waals surface area contributed by atoms with Gasteiger partial charge < -0.3 is 19.5 Å². The molecule has 2 heterocycles. The van der Waals surface area contributed by atoms with Crippen molar-refractivity contribution >= 4 is 23.6 Å². The first-order chi connectivity index (χ1) is 14.1. The first-order valence-electron chi connectivity index (χ1n) is 9.55. The lowest BCUT2D eigenvalue weighted by atomic mass is 10.2. The number of hydrogen-bond acceptors (Lipinski definition) is 7. The Morgan fingerprint density at radius 1 is 1.23 bits per heavy atom. The normalized spacial score (nSPS) is 20.3. The van der Waals surface area contributed by atoms with Crippen LogP contribution in [0.15, 0.2) is 12.1 Å². The maximum Gasteiger partial charge on any atom is 0.434 e. The number of hydroxylamine groups is 2. The molecule has 2 fully saturated rings. The number of nitrogens with zero attached hydrogens (tertiary/aromatic N) is 3. The molecule has 0 saturated carbocycles. The molecule has 0 bridgehead atoms. The first-order valence-corrected chi connectivity index (χ1v) is 9.55. The van der Waals surface area contributed by atoms with Crippen molar-refractivity contribution in [3.05, 3.63) is 23.8 Å². The fraction of sp³-hybridized carbons (Fsp3) is 0.579. The van der Waals surface area contributed by atoms with Crippen molar-refractivity contribution in [2.45, 2.75) is 32.5 Å². The summed E-state index contributed by atoms with van der Waals surface area (Å²) < 4.78 is 39.8. The number of amides is 2. The van der Waals surface area contributed by atoms with E-state index in [1.807, 2.05) is 0 Å². The number of hydrogen-bond donors (Lipinski definition) is 1. The number of anilines is 2. The summed E-state index contributed by atoms with van der Waals surface area (Å²) in [5.41, 5.74) is -0.984. The molecule has 166 valence electrons. The van der Waals surface area contributed by atoms with E-state index in [-0.39, 0.29) is 50.8 Å². The highest BCUT2D eigenvalue weighted by atomic mass is 19.1. The SMILES string of the molecule is CC(C)(C)OC(=O)N1CCN(c2c(F)cc(N3C[C@H](CO)OC3=O)cc2F)CCO1. The van der Waals surface area contributed by atoms with Gasteiger partial charge in [-0.1, -0.05) is 0 Å². The molecule has 0 unspecified atom stereocenters. The van der Waals surface area contributed by atoms with Gasteiger partial charge in [0.05, 0.1) is 32.0 Å². The minimum atomic E-state index is -0.865. The number of aliphatic hydroxyl groups is 1. The molecule has 0 aromatic heterocycles. The Labute approximate surface area is 172 Å². The maximum atomic E-state index is 14.8. The number of benzene rings is 1. The largest absolute Gasteiger partial charge is 0.442 e. The average molecular weight is 429 g/mol. The monoisotopic (exact) mass is 429 g/mol. The molecular weight excluding hydrogens is 404 g/mol. The lowest BCUT2D eigenvalue weighted by Crippen LogP contribution is -2.38. The summed E-state index contributed by atoms with van der Waals surface area (Å²) in [4.78, 5) is 31.9. The van der Waals surface area contributed by atoms with E-state index in [0.29, 0.717) is 0 Å². The average Bonchev–Trinajstić information content (AvgIpc) is 2.85. The van der Waals surface area contributed by atoms with Crippen LogP contribution < -0.4 is 9.80 Å². The zero-order chi connectivity index (χ0) is 22.1. The molecule has 1 aromatic carbocycles. The van der Waals surface area contributed by atoms with Crippen LogP contribution in [0.1, 0.15) is 20.8 Å². The van der Waals surface area contributed by atoms with Gasteiger partial charge in [0.1, 0.15) is 17.4 Å². The third-order valence-corrected chi connectivity index (χ3v) is 4.49. The van der Waals surface area contributed by atoms with E-state index >= 15 is 0 Å². The fourth-order valence-corrected chi connectivity index (χ4v) is 3.17. The zero-order valence-corrected chi connectivity index (χ0v) is 17.1. The van der Waals surface area contributed by atoms with E-state index in [0.717, 1.165) is 22.1 Å². The van der Waals surface area contributed by atoms with E-state index in [9.17, 15) is 18.4 Å². The highest BCUT2D eigenvalue weighted by molar-refractivity contribution is 5.90. The second-order valence-electron chi connectivity index (χ2n) is 7.96. The summed E-state index contributed by atoms with van der Waals surface area (Å²) in [5.74, 6) is -1.73. The Morgan fingerprint density at radius 2 is 1.90 bits per heavy atom. The highest BCUT2D eigenvalue weighted by Crippen LogP contribution is 2.31. The van der Waals surface area contributed by atoms with E-state index in [2.05, 4.69) is 0 Å². The number of aliphatic hydroxyl groups excluding tert-OH is 1. The van der Waals surface area contributed by atoms with Crippen LogP contribution in [-0.2, 0) is 14.3 Å². The van der Waals surface area contributed by atoms with Crippen LogP contribution in [0.3, 0.4) is 0 Å². The molecule has 1 aromatic rings. The lowest BCUT2D eigenvalue weighted by molar-refractivity contribution is -0.137. The minimum Gasteiger partial charge on any atom is -0.442 e. The summed E-state index contributed by atoms with van der Waals surface area (Å²) in [6.45, 7) is 5.11. The van der Waals surface area contributed by atoms with Crippen molar-refractivity contribution < 1.29 is 37.8 Å². The molecule has 2 aliphatic heterocycles. The van der Waals surface area contributed by atoms with Crippen molar-refractivity contribution in [3.63, 3.8) is 0 Å². The smallest absolute Gasteiger partial charge is 0.434 e. The molecule has 2 amide bonds. The van der Waals surface area contributed by atoms with Crippen LogP contribution >= 0.6 is 0 Å². The summed E-state index contributed by atoms with van der Waals surface area (Å²) in [6, 6.07) is 2.08. The second kappa shape index (κ2) is 8.60. The quantitative estimate of drug-likeness (QED) is 0.788. The van der Waals surface area contributed by atoms with E-state index < -0.39 is 35.5 Å². The number of ether oxygens (including phenoxy) is 2. The Balaban J connectivity index is 1.73. The standard InChI is InChI=1S/C19H25F2N3O6/c1-19(2,3)30-18(27)24-5-4-22(6-7-28-24)16-14(20)8-12(9-15(16)21)23-10-13(11-25)29-17(23)26/h8-9,13,25H,4-7,10-11H2,1-3H3/t13-/m1/s1. The molecule has 2 saturated heterocycles. The third kappa shape index (κ3) is 4.90. The maximum absolute atomic E-state index is 14.8. The van der Waals surface area contributed by atoms with E-state index in [1.165, 1.54) is 4.90 Å². The molecule has 2 aliphatic rings. The summed E-state index contributed by atoms with van der Waals surface area (Å²) >= 11 is 0. The summed E-state index contributed by atoms with van der Waals surface area (Å²) in [7, 11) is 0. The molecule has 0 spiro atoms. The van der Waals surface area contributed by atoms with Crippen molar-refractivity contribution in [2.24, 2.45) is 0 Å². The molecular formula is C19H25F2N3O6. The van der Waals surface area contributed by atoms with E-state index in [4.69, 9.17) is 19.4 Å². The predicted octanol–water partition coefficient (Wildman–Crippen LogP) is 2.27. The number of cyclic esters (lactones) is 1. The van der Waals surface area contributed by atoms with Gasteiger partial charge in [0, 0.05) is 25.2 Å². The Hall–Kier alpha value is -2.66. The van der Waals surface area contributed by atoms with Crippen LogP contribution in [0.25, 0.3) is 0 Å². The van der Waals surface area contributed by atoms with Gasteiger partial charge >= 0.3 is 12.2 Å². The highest BCUT2D eigenvalue weighted by Gasteiger charge is 2.34. The summed E-state index contributed by atoms with van der Waals surface area (Å²) in [6.07, 6.45) is -2.20. The van der Waals surface area contributed by atoms with Crippen LogP contribution in [0.5, 0.6) is 0 Å². The lowest BCUT2D eigenvalue weighted by Gasteiger charge is -2.26. The molecule has 3 rings (SSSR count). The number of carbonyl (C=O) groups excluding carboxylic acids is 2. The van der Waals surface area contributed by atoms with Crippen LogP contribution in [-0.4, -0.2) is 73.5 Å². The Morgan fingerprint density at radius 3 is 2.47 bits per heavy atom. The van der Waals surface area contributed by atoms with Crippen LogP contribution in [0.2, 0.25) is 0 Å². The van der Waals surface area contributed by atoms with Crippen molar-refractivity contribution in [3.8, 4) is 0 Å². The van der Waals surface area contributed by atoms with Gasteiger partial charge in [0.2, 0.25) is 0 Å². The minimum absolute atomic E-state index is 0.00356. The van der Waals surface area contributed by atoms with Crippen LogP contribution in [0.4, 0.5) is 29.7 Å². The predicted molar refractivity (Wildman–Crippen MR) is 102 cm³/mol. The van der Waals surface area contributed by atoms with Crippen LogP contribution in [0, 0.1) is 11.6 Å². The second-order valence-corrected chi connectivity index (χ2v) is 7.96. The van der Waals surface area contributed by atoms with E-state index in [1.54, 1.807) is 20.8 Å². The molecule has 1 N–H and O–H groups in total. The van der Waals surface area contributed by atoms with Gasteiger partial charge in [-0.05, 0) is 20.8 Å². The topological polar surface area (TPSA) is 91.8 Å². The molecule has 0 aliphatic carbocycles. The zero-order valence-electron chi connectivity index (χ0n) is 17.1. The number of rotatable bonds is 3. The molecule has 30 heavy (non-hydrogen) atoms.